The smallest absolute Gasteiger partial charge is 0.310 e. The van der Waals surface area contributed by atoms with Crippen molar-refractivity contribution in [2.75, 3.05) is 39.5 Å². The van der Waals surface area contributed by atoms with Gasteiger partial charge in [0.25, 0.3) is 0 Å². The summed E-state index contributed by atoms with van der Waals surface area (Å²) < 4.78 is 30.8. The van der Waals surface area contributed by atoms with Gasteiger partial charge in [0.05, 0.1) is 25.7 Å². The third-order valence-electron chi connectivity index (χ3n) is 6.41. The fraction of sp³-hybridized carbons (Fsp3) is 0.533. The molecule has 6 nitrogen and oxygen atoms in total. The predicted octanol–water partition coefficient (Wildman–Crippen LogP) is 5.94. The largest absolute Gasteiger partial charge is 0.466 e. The van der Waals surface area contributed by atoms with Crippen molar-refractivity contribution in [3.05, 3.63) is 58.9 Å². The van der Waals surface area contributed by atoms with E-state index in [1.165, 1.54) is 12.1 Å². The van der Waals surface area contributed by atoms with Crippen LogP contribution >= 0.6 is 11.6 Å². The van der Waals surface area contributed by atoms with Crippen LogP contribution in [0.1, 0.15) is 46.1 Å². The zero-order valence-electron chi connectivity index (χ0n) is 22.8. The molecule has 2 atom stereocenters. The van der Waals surface area contributed by atoms with E-state index < -0.39 is 5.60 Å². The molecule has 1 aliphatic heterocycles. The van der Waals surface area contributed by atoms with E-state index in [-0.39, 0.29) is 36.0 Å². The number of ether oxygens (including phenoxy) is 3. The van der Waals surface area contributed by atoms with E-state index in [1.807, 2.05) is 45.0 Å². The van der Waals surface area contributed by atoms with E-state index >= 15 is 0 Å². The van der Waals surface area contributed by atoms with Gasteiger partial charge in [0.15, 0.2) is 0 Å². The summed E-state index contributed by atoms with van der Waals surface area (Å²) in [5.41, 5.74) is 1.54. The summed E-state index contributed by atoms with van der Waals surface area (Å²) in [7, 11) is 0. The Morgan fingerprint density at radius 1 is 1.11 bits per heavy atom. The van der Waals surface area contributed by atoms with Gasteiger partial charge < -0.3 is 14.2 Å². The summed E-state index contributed by atoms with van der Waals surface area (Å²) in [5, 5.41) is 0.466. The number of hydrogen-bond donors (Lipinski definition) is 0. The normalized spacial score (nSPS) is 16.1. The lowest BCUT2D eigenvalue weighted by atomic mass is 9.86. The maximum atomic E-state index is 14.4. The summed E-state index contributed by atoms with van der Waals surface area (Å²) in [5.74, 6) is -1.41. The lowest BCUT2D eigenvalue weighted by Gasteiger charge is -2.31. The minimum atomic E-state index is -0.599. The molecule has 0 bridgehead atoms. The van der Waals surface area contributed by atoms with Crippen LogP contribution in [0, 0.1) is 17.7 Å². The number of nitrogens with zero attached hydrogens (tertiary/aromatic N) is 1. The maximum absolute atomic E-state index is 14.4. The van der Waals surface area contributed by atoms with Crippen molar-refractivity contribution >= 4 is 23.5 Å². The second kappa shape index (κ2) is 14.1. The van der Waals surface area contributed by atoms with Gasteiger partial charge in [-0.3, -0.25) is 14.5 Å². The zero-order valence-corrected chi connectivity index (χ0v) is 23.6. The molecule has 0 amide bonds. The Morgan fingerprint density at radius 2 is 1.79 bits per heavy atom. The Kier molecular flexibility index (Phi) is 11.1. The Bertz CT molecular complexity index is 1060. The van der Waals surface area contributed by atoms with Crippen molar-refractivity contribution in [1.29, 1.82) is 0 Å². The van der Waals surface area contributed by atoms with E-state index in [1.54, 1.807) is 13.0 Å². The van der Waals surface area contributed by atoms with Gasteiger partial charge in [-0.1, -0.05) is 35.9 Å². The molecule has 0 radical (unpaired) electrons. The minimum absolute atomic E-state index is 0.144. The average Bonchev–Trinajstić information content (AvgIpc) is 2.85. The van der Waals surface area contributed by atoms with Gasteiger partial charge in [-0.05, 0) is 75.8 Å². The topological polar surface area (TPSA) is 65.1 Å². The van der Waals surface area contributed by atoms with Gasteiger partial charge in [0, 0.05) is 36.6 Å². The highest BCUT2D eigenvalue weighted by Crippen LogP contribution is 2.29. The summed E-state index contributed by atoms with van der Waals surface area (Å²) >= 11 is 6.07. The summed E-state index contributed by atoms with van der Waals surface area (Å²) in [4.78, 5) is 28.0. The Labute approximate surface area is 230 Å². The van der Waals surface area contributed by atoms with E-state index in [9.17, 15) is 14.0 Å². The molecule has 1 aliphatic rings. The molecule has 2 aromatic rings. The monoisotopic (exact) mass is 547 g/mol. The van der Waals surface area contributed by atoms with Crippen molar-refractivity contribution in [3.8, 4) is 11.1 Å². The van der Waals surface area contributed by atoms with Crippen LogP contribution in [0.3, 0.4) is 0 Å². The quantitative estimate of drug-likeness (QED) is 0.324. The highest BCUT2D eigenvalue weighted by molar-refractivity contribution is 6.30. The molecule has 8 heteroatoms. The molecule has 1 fully saturated rings. The van der Waals surface area contributed by atoms with Crippen LogP contribution in [-0.2, 0) is 30.2 Å². The Hall–Kier alpha value is -2.48. The third kappa shape index (κ3) is 9.68. The molecule has 0 aromatic heterocycles. The third-order valence-corrected chi connectivity index (χ3v) is 6.65. The number of carbonyl (C=O) groups excluding carboxylic acids is 2. The standard InChI is InChI=1S/C30H39ClFNO5/c1-5-37-29(35)24(20-33-12-14-36-15-13-33)17-22(18-28(34)38-30(2,3)4)16-21-6-8-23(9-7-21)26-19-25(31)10-11-27(26)32/h6-11,19,22,24H,5,12-18,20H2,1-4H3/t22-,24+/m1/s1. The van der Waals surface area contributed by atoms with Crippen LogP contribution in [0.25, 0.3) is 11.1 Å². The van der Waals surface area contributed by atoms with Crippen LogP contribution in [0.4, 0.5) is 4.39 Å². The Balaban J connectivity index is 1.80. The number of benzene rings is 2. The number of hydrogen-bond acceptors (Lipinski definition) is 6. The van der Waals surface area contributed by atoms with E-state index in [0.717, 1.165) is 18.7 Å². The van der Waals surface area contributed by atoms with E-state index in [2.05, 4.69) is 4.90 Å². The lowest BCUT2D eigenvalue weighted by Crippen LogP contribution is -2.42. The van der Waals surface area contributed by atoms with Crippen LogP contribution in [0.5, 0.6) is 0 Å². The number of rotatable bonds is 11. The van der Waals surface area contributed by atoms with E-state index in [4.69, 9.17) is 25.8 Å². The van der Waals surface area contributed by atoms with Gasteiger partial charge >= 0.3 is 11.9 Å². The molecule has 208 valence electrons. The fourth-order valence-electron chi connectivity index (χ4n) is 4.73. The number of carbonyl (C=O) groups is 2. The second-order valence-corrected chi connectivity index (χ2v) is 11.2. The van der Waals surface area contributed by atoms with Gasteiger partial charge in [0.1, 0.15) is 11.4 Å². The molecule has 0 unspecified atom stereocenters. The predicted molar refractivity (Wildman–Crippen MR) is 147 cm³/mol. The van der Waals surface area contributed by atoms with Gasteiger partial charge in [0.2, 0.25) is 0 Å². The first kappa shape index (κ1) is 30.1. The average molecular weight is 548 g/mol. The maximum Gasteiger partial charge on any atom is 0.310 e. The van der Waals surface area contributed by atoms with Crippen molar-refractivity contribution in [2.24, 2.45) is 11.8 Å². The molecular weight excluding hydrogens is 509 g/mol. The van der Waals surface area contributed by atoms with Crippen LogP contribution in [0.2, 0.25) is 5.02 Å². The highest BCUT2D eigenvalue weighted by Gasteiger charge is 2.30. The molecule has 3 rings (SSSR count). The summed E-state index contributed by atoms with van der Waals surface area (Å²) in [6.45, 7) is 11.0. The van der Waals surface area contributed by atoms with Crippen LogP contribution in [0.15, 0.2) is 42.5 Å². The second-order valence-electron chi connectivity index (χ2n) is 10.8. The fourth-order valence-corrected chi connectivity index (χ4v) is 4.91. The summed E-state index contributed by atoms with van der Waals surface area (Å²) in [6.07, 6.45) is 1.23. The molecule has 1 saturated heterocycles. The zero-order chi connectivity index (χ0) is 27.7. The van der Waals surface area contributed by atoms with E-state index in [0.29, 0.717) is 55.4 Å². The van der Waals surface area contributed by atoms with Gasteiger partial charge in [-0.15, -0.1) is 0 Å². The minimum Gasteiger partial charge on any atom is -0.466 e. The molecule has 0 aliphatic carbocycles. The molecule has 0 saturated carbocycles. The first-order valence-electron chi connectivity index (χ1n) is 13.3. The molecule has 38 heavy (non-hydrogen) atoms. The highest BCUT2D eigenvalue weighted by atomic mass is 35.5. The van der Waals surface area contributed by atoms with Crippen molar-refractivity contribution < 1.29 is 28.2 Å². The Morgan fingerprint density at radius 3 is 2.42 bits per heavy atom. The number of morpholine rings is 1. The molecule has 0 N–H and O–H groups in total. The van der Waals surface area contributed by atoms with Crippen LogP contribution < -0.4 is 0 Å². The van der Waals surface area contributed by atoms with Gasteiger partial charge in [-0.25, -0.2) is 4.39 Å². The molecule has 2 aromatic carbocycles. The van der Waals surface area contributed by atoms with Crippen molar-refractivity contribution in [1.82, 2.24) is 4.90 Å². The van der Waals surface area contributed by atoms with Crippen LogP contribution in [-0.4, -0.2) is 61.9 Å². The first-order valence-corrected chi connectivity index (χ1v) is 13.6. The summed E-state index contributed by atoms with van der Waals surface area (Å²) in [6, 6.07) is 12.0. The number of esters is 2. The molecule has 1 heterocycles. The number of halogens is 2. The lowest BCUT2D eigenvalue weighted by molar-refractivity contribution is -0.157. The first-order chi connectivity index (χ1) is 18.0. The van der Waals surface area contributed by atoms with Crippen molar-refractivity contribution in [3.63, 3.8) is 0 Å². The molecular formula is C30H39ClFNO5. The van der Waals surface area contributed by atoms with Gasteiger partial charge in [-0.2, -0.15) is 0 Å². The molecule has 0 spiro atoms. The SMILES string of the molecule is CCOC(=O)[C@@H](C[C@H](CC(=O)OC(C)(C)C)Cc1ccc(-c2cc(Cl)ccc2F)cc1)CN1CCOCC1. The van der Waals surface area contributed by atoms with Crippen molar-refractivity contribution in [2.45, 2.75) is 52.6 Å².